The molecule has 0 aliphatic carbocycles. The predicted molar refractivity (Wildman–Crippen MR) is 131 cm³/mol. The summed E-state index contributed by atoms with van der Waals surface area (Å²) in [6, 6.07) is 18.2. The van der Waals surface area contributed by atoms with Gasteiger partial charge in [0, 0.05) is 11.1 Å². The molecule has 0 aromatic heterocycles. The zero-order chi connectivity index (χ0) is 25.2. The second kappa shape index (κ2) is 12.3. The summed E-state index contributed by atoms with van der Waals surface area (Å²) in [6.07, 6.45) is 0.0662. The molecule has 3 N–H and O–H groups in total. The van der Waals surface area contributed by atoms with Crippen molar-refractivity contribution >= 4 is 35.0 Å². The first-order chi connectivity index (χ1) is 16.9. The second-order valence-corrected chi connectivity index (χ2v) is 7.64. The third-order valence-electron chi connectivity index (χ3n) is 4.77. The van der Waals surface area contributed by atoms with Crippen molar-refractivity contribution in [1.29, 1.82) is 0 Å². The third kappa shape index (κ3) is 7.38. The Bertz CT molecular complexity index is 1200. The molecule has 0 heterocycles. The van der Waals surface area contributed by atoms with Crippen LogP contribution in [0.1, 0.15) is 15.9 Å². The number of nitrogens with one attached hydrogen (secondary N) is 3. The highest BCUT2D eigenvalue weighted by Gasteiger charge is 2.15. The average molecular weight is 498 g/mol. The number of methoxy groups -OCH3 is 2. The van der Waals surface area contributed by atoms with Gasteiger partial charge in [0.05, 0.1) is 31.9 Å². The van der Waals surface area contributed by atoms with Gasteiger partial charge in [-0.05, 0) is 42.0 Å². The van der Waals surface area contributed by atoms with Crippen molar-refractivity contribution in [2.75, 3.05) is 26.1 Å². The number of benzene rings is 3. The highest BCUT2D eigenvalue weighted by atomic mass is 35.5. The minimum atomic E-state index is -0.594. The van der Waals surface area contributed by atoms with Gasteiger partial charge in [0.25, 0.3) is 11.8 Å². The molecule has 182 valence electrons. The number of hydrazine groups is 1. The van der Waals surface area contributed by atoms with Gasteiger partial charge in [-0.25, -0.2) is 0 Å². The molecular formula is C25H24ClN3O6. The van der Waals surface area contributed by atoms with E-state index in [0.29, 0.717) is 22.2 Å². The Morgan fingerprint density at radius 2 is 1.57 bits per heavy atom. The molecule has 0 saturated heterocycles. The Morgan fingerprint density at radius 3 is 2.29 bits per heavy atom. The Balaban J connectivity index is 1.54. The summed E-state index contributed by atoms with van der Waals surface area (Å²) in [7, 11) is 3.02. The highest BCUT2D eigenvalue weighted by Crippen LogP contribution is 2.27. The zero-order valence-electron chi connectivity index (χ0n) is 19.1. The zero-order valence-corrected chi connectivity index (χ0v) is 19.8. The molecule has 0 aliphatic heterocycles. The molecule has 0 unspecified atom stereocenters. The van der Waals surface area contributed by atoms with Crippen LogP contribution in [0.4, 0.5) is 5.69 Å². The molecule has 3 aromatic carbocycles. The Labute approximate surface area is 207 Å². The lowest BCUT2D eigenvalue weighted by molar-refractivity contribution is -0.121. The lowest BCUT2D eigenvalue weighted by atomic mass is 10.1. The van der Waals surface area contributed by atoms with E-state index in [9.17, 15) is 14.4 Å². The summed E-state index contributed by atoms with van der Waals surface area (Å²) in [5.41, 5.74) is 6.06. The molecule has 0 atom stereocenters. The van der Waals surface area contributed by atoms with E-state index in [4.69, 9.17) is 25.8 Å². The molecule has 0 fully saturated rings. The minimum absolute atomic E-state index is 0.0662. The molecule has 0 radical (unpaired) electrons. The summed E-state index contributed by atoms with van der Waals surface area (Å²) in [5.74, 6) is -0.209. The van der Waals surface area contributed by atoms with Gasteiger partial charge in [0.15, 0.2) is 6.61 Å². The van der Waals surface area contributed by atoms with Crippen molar-refractivity contribution in [3.8, 4) is 17.2 Å². The van der Waals surface area contributed by atoms with Crippen molar-refractivity contribution in [3.05, 3.63) is 82.9 Å². The molecule has 3 amide bonds. The summed E-state index contributed by atoms with van der Waals surface area (Å²) < 4.78 is 15.8. The summed E-state index contributed by atoms with van der Waals surface area (Å²) in [5, 5.41) is 3.13. The highest BCUT2D eigenvalue weighted by molar-refractivity contribution is 6.30. The number of ether oxygens (including phenoxy) is 3. The number of anilines is 1. The van der Waals surface area contributed by atoms with Crippen LogP contribution in [0.15, 0.2) is 66.7 Å². The lowest BCUT2D eigenvalue weighted by Gasteiger charge is -2.13. The van der Waals surface area contributed by atoms with Gasteiger partial charge in [0.1, 0.15) is 17.2 Å². The number of rotatable bonds is 9. The van der Waals surface area contributed by atoms with Gasteiger partial charge in [0.2, 0.25) is 5.91 Å². The van der Waals surface area contributed by atoms with Crippen molar-refractivity contribution in [2.45, 2.75) is 6.42 Å². The predicted octanol–water partition coefficient (Wildman–Crippen LogP) is 3.38. The van der Waals surface area contributed by atoms with Gasteiger partial charge in [-0.15, -0.1) is 0 Å². The maximum atomic E-state index is 12.6. The largest absolute Gasteiger partial charge is 0.497 e. The number of halogens is 1. The van der Waals surface area contributed by atoms with Gasteiger partial charge >= 0.3 is 0 Å². The summed E-state index contributed by atoms with van der Waals surface area (Å²) in [4.78, 5) is 37.2. The summed E-state index contributed by atoms with van der Waals surface area (Å²) >= 11 is 5.93. The first kappa shape index (κ1) is 25.4. The van der Waals surface area contributed by atoms with Crippen molar-refractivity contribution < 1.29 is 28.6 Å². The lowest BCUT2D eigenvalue weighted by Crippen LogP contribution is -2.42. The molecule has 10 heteroatoms. The van der Waals surface area contributed by atoms with Crippen molar-refractivity contribution in [2.24, 2.45) is 0 Å². The minimum Gasteiger partial charge on any atom is -0.497 e. The molecule has 0 saturated carbocycles. The van der Waals surface area contributed by atoms with E-state index in [2.05, 4.69) is 16.2 Å². The molecule has 3 rings (SSSR count). The van der Waals surface area contributed by atoms with Crippen molar-refractivity contribution in [1.82, 2.24) is 10.9 Å². The van der Waals surface area contributed by atoms with Crippen LogP contribution >= 0.6 is 11.6 Å². The molecule has 35 heavy (non-hydrogen) atoms. The van der Waals surface area contributed by atoms with Crippen LogP contribution in [0.2, 0.25) is 5.02 Å². The van der Waals surface area contributed by atoms with E-state index >= 15 is 0 Å². The van der Waals surface area contributed by atoms with Crippen LogP contribution in [0.25, 0.3) is 0 Å². The fourth-order valence-corrected chi connectivity index (χ4v) is 3.21. The number of hydrogen-bond donors (Lipinski definition) is 3. The molecule has 0 bridgehead atoms. The number of carbonyl (C=O) groups excluding carboxylic acids is 3. The van der Waals surface area contributed by atoms with Gasteiger partial charge in [-0.3, -0.25) is 25.2 Å². The van der Waals surface area contributed by atoms with E-state index in [0.717, 1.165) is 5.56 Å². The van der Waals surface area contributed by atoms with Crippen LogP contribution in [-0.2, 0) is 16.0 Å². The van der Waals surface area contributed by atoms with Crippen LogP contribution in [-0.4, -0.2) is 38.5 Å². The van der Waals surface area contributed by atoms with Crippen molar-refractivity contribution in [3.63, 3.8) is 0 Å². The first-order valence-corrected chi connectivity index (χ1v) is 10.8. The van der Waals surface area contributed by atoms with Gasteiger partial charge < -0.3 is 19.5 Å². The SMILES string of the molecule is COc1ccc(CC(=O)NNC(=O)c2ccccc2OCC(=O)Nc2ccc(Cl)cc2OC)cc1. The average Bonchev–Trinajstić information content (AvgIpc) is 2.87. The fourth-order valence-electron chi connectivity index (χ4n) is 3.04. The van der Waals surface area contributed by atoms with Crippen LogP contribution in [0, 0.1) is 0 Å². The maximum absolute atomic E-state index is 12.6. The topological polar surface area (TPSA) is 115 Å². The van der Waals surface area contributed by atoms with Crippen LogP contribution < -0.4 is 30.4 Å². The van der Waals surface area contributed by atoms with Gasteiger partial charge in [-0.1, -0.05) is 35.9 Å². The standard InChI is InChI=1S/C25H24ClN3O6/c1-33-18-10-7-16(8-11-18)13-23(30)28-29-25(32)19-5-3-4-6-21(19)35-15-24(31)27-20-12-9-17(26)14-22(20)34-2/h3-12,14H,13,15H2,1-2H3,(H,27,31)(H,28,30)(H,29,32). The number of carbonyl (C=O) groups is 3. The molecule has 0 aliphatic rings. The van der Waals surface area contributed by atoms with E-state index in [-0.39, 0.29) is 24.3 Å². The first-order valence-electron chi connectivity index (χ1n) is 10.5. The normalized spacial score (nSPS) is 10.1. The quantitative estimate of drug-likeness (QED) is 0.390. The Morgan fingerprint density at radius 1 is 0.829 bits per heavy atom. The Hall–Kier alpha value is -4.24. The molecule has 3 aromatic rings. The van der Waals surface area contributed by atoms with E-state index < -0.39 is 17.7 Å². The second-order valence-electron chi connectivity index (χ2n) is 7.20. The molecular weight excluding hydrogens is 474 g/mol. The Kier molecular flexibility index (Phi) is 8.91. The molecule has 0 spiro atoms. The van der Waals surface area contributed by atoms with Crippen LogP contribution in [0.5, 0.6) is 17.2 Å². The smallest absolute Gasteiger partial charge is 0.273 e. The maximum Gasteiger partial charge on any atom is 0.273 e. The van der Waals surface area contributed by atoms with E-state index in [1.807, 2.05) is 0 Å². The van der Waals surface area contributed by atoms with E-state index in [1.165, 1.54) is 13.2 Å². The number of para-hydroxylation sites is 1. The van der Waals surface area contributed by atoms with Crippen LogP contribution in [0.3, 0.4) is 0 Å². The molecule has 9 nitrogen and oxygen atoms in total. The third-order valence-corrected chi connectivity index (χ3v) is 5.00. The fraction of sp³-hybridized carbons (Fsp3) is 0.160. The number of amides is 3. The monoisotopic (exact) mass is 497 g/mol. The summed E-state index contributed by atoms with van der Waals surface area (Å²) in [6.45, 7) is -0.361. The van der Waals surface area contributed by atoms with E-state index in [1.54, 1.807) is 67.8 Å². The van der Waals surface area contributed by atoms with Gasteiger partial charge in [-0.2, -0.15) is 0 Å². The number of hydrogen-bond acceptors (Lipinski definition) is 6.